The molecule has 1 atom stereocenters. The van der Waals surface area contributed by atoms with E-state index in [9.17, 15) is 9.90 Å². The van der Waals surface area contributed by atoms with E-state index in [1.807, 2.05) is 29.2 Å². The second kappa shape index (κ2) is 6.77. The summed E-state index contributed by atoms with van der Waals surface area (Å²) in [6.45, 7) is 1.46. The van der Waals surface area contributed by atoms with Crippen LogP contribution < -0.4 is 5.32 Å². The van der Waals surface area contributed by atoms with Crippen molar-refractivity contribution in [1.29, 1.82) is 0 Å². The van der Waals surface area contributed by atoms with Crippen LogP contribution in [0, 0.1) is 0 Å². The van der Waals surface area contributed by atoms with Gasteiger partial charge in [-0.15, -0.1) is 0 Å². The average molecular weight is 300 g/mol. The van der Waals surface area contributed by atoms with Gasteiger partial charge in [0.25, 0.3) is 0 Å². The van der Waals surface area contributed by atoms with Gasteiger partial charge in [-0.3, -0.25) is 9.69 Å². The summed E-state index contributed by atoms with van der Waals surface area (Å²) in [6, 6.07) is 11.6. The zero-order chi connectivity index (χ0) is 15.4. The maximum Gasteiger partial charge on any atom is 0.234 e. The maximum absolute atomic E-state index is 12.1. The number of furan rings is 1. The van der Waals surface area contributed by atoms with E-state index in [0.717, 1.165) is 24.3 Å². The Hall–Kier alpha value is -2.11. The van der Waals surface area contributed by atoms with E-state index in [1.165, 1.54) is 5.56 Å². The zero-order valence-corrected chi connectivity index (χ0v) is 12.4. The fraction of sp³-hybridized carbons (Fsp3) is 0.353. The number of hydrogen-bond acceptors (Lipinski definition) is 4. The molecule has 3 rings (SSSR count). The largest absolute Gasteiger partial charge is 0.467 e. The minimum atomic E-state index is -0.112. The molecule has 116 valence electrons. The summed E-state index contributed by atoms with van der Waals surface area (Å²) >= 11 is 0. The topological polar surface area (TPSA) is 65.7 Å². The third kappa shape index (κ3) is 3.21. The average Bonchev–Trinajstić information content (AvgIpc) is 3.06. The quantitative estimate of drug-likeness (QED) is 0.878. The van der Waals surface area contributed by atoms with Crippen LogP contribution in [0.2, 0.25) is 0 Å². The van der Waals surface area contributed by atoms with Crippen molar-refractivity contribution >= 4 is 5.91 Å². The molecule has 1 unspecified atom stereocenters. The summed E-state index contributed by atoms with van der Waals surface area (Å²) in [6.07, 6.45) is 2.49. The number of nitrogens with zero attached hydrogens (tertiary/aromatic N) is 1. The van der Waals surface area contributed by atoms with Crippen molar-refractivity contribution < 1.29 is 14.3 Å². The summed E-state index contributed by atoms with van der Waals surface area (Å²) in [4.78, 5) is 14.1. The molecule has 1 aliphatic rings. The molecule has 0 fully saturated rings. The summed E-state index contributed by atoms with van der Waals surface area (Å²) in [7, 11) is 0. The predicted molar refractivity (Wildman–Crippen MR) is 82.1 cm³/mol. The van der Waals surface area contributed by atoms with Gasteiger partial charge < -0.3 is 14.8 Å². The standard InChI is InChI=1S/C17H20N2O3/c20-12-16-15-6-2-1-4-13(15)7-8-19(16)11-17(21)18-10-14-5-3-9-22-14/h1-6,9,16,20H,7-8,10-12H2,(H,18,21). The highest BCUT2D eigenvalue weighted by Gasteiger charge is 2.27. The first kappa shape index (κ1) is 14.8. The lowest BCUT2D eigenvalue weighted by Gasteiger charge is -2.35. The van der Waals surface area contributed by atoms with E-state index < -0.39 is 0 Å². The van der Waals surface area contributed by atoms with Crippen molar-refractivity contribution in [3.8, 4) is 0 Å². The van der Waals surface area contributed by atoms with Crippen molar-refractivity contribution in [2.45, 2.75) is 19.0 Å². The summed E-state index contributed by atoms with van der Waals surface area (Å²) in [5, 5.41) is 12.6. The van der Waals surface area contributed by atoms with Gasteiger partial charge in [-0.05, 0) is 29.7 Å². The summed E-state index contributed by atoms with van der Waals surface area (Å²) in [5.41, 5.74) is 2.38. The number of aliphatic hydroxyl groups excluding tert-OH is 1. The zero-order valence-electron chi connectivity index (χ0n) is 12.4. The van der Waals surface area contributed by atoms with Gasteiger partial charge >= 0.3 is 0 Å². The summed E-state index contributed by atoms with van der Waals surface area (Å²) < 4.78 is 5.19. The SMILES string of the molecule is O=C(CN1CCc2ccccc2C1CO)NCc1ccco1. The predicted octanol–water partition coefficient (Wildman–Crippen LogP) is 1.49. The molecule has 0 saturated heterocycles. The number of nitrogens with one attached hydrogen (secondary N) is 1. The normalized spacial score (nSPS) is 18.0. The molecule has 0 spiro atoms. The minimum Gasteiger partial charge on any atom is -0.467 e. The van der Waals surface area contributed by atoms with Crippen LogP contribution in [0.5, 0.6) is 0 Å². The molecular weight excluding hydrogens is 280 g/mol. The molecule has 0 aliphatic carbocycles. The Labute approximate surface area is 129 Å². The smallest absolute Gasteiger partial charge is 0.234 e. The number of hydrogen-bond donors (Lipinski definition) is 2. The fourth-order valence-corrected chi connectivity index (χ4v) is 2.95. The van der Waals surface area contributed by atoms with Gasteiger partial charge in [0, 0.05) is 6.54 Å². The Morgan fingerprint density at radius 3 is 2.95 bits per heavy atom. The third-order valence-corrected chi connectivity index (χ3v) is 4.08. The number of carbonyl (C=O) groups excluding carboxylic acids is 1. The van der Waals surface area contributed by atoms with Gasteiger partial charge in [-0.2, -0.15) is 0 Å². The van der Waals surface area contributed by atoms with Crippen LogP contribution in [0.15, 0.2) is 47.1 Å². The van der Waals surface area contributed by atoms with Gasteiger partial charge in [-0.1, -0.05) is 24.3 Å². The highest BCUT2D eigenvalue weighted by Crippen LogP contribution is 2.28. The number of aliphatic hydroxyl groups is 1. The number of benzene rings is 1. The van der Waals surface area contributed by atoms with Crippen LogP contribution in [0.3, 0.4) is 0 Å². The molecule has 1 amide bonds. The van der Waals surface area contributed by atoms with E-state index in [-0.39, 0.29) is 25.1 Å². The van der Waals surface area contributed by atoms with E-state index in [2.05, 4.69) is 11.4 Å². The van der Waals surface area contributed by atoms with Crippen molar-refractivity contribution in [1.82, 2.24) is 10.2 Å². The molecule has 2 aromatic rings. The molecule has 1 aromatic heterocycles. The maximum atomic E-state index is 12.1. The number of carbonyl (C=O) groups is 1. The number of fused-ring (bicyclic) bond motifs is 1. The van der Waals surface area contributed by atoms with Crippen LogP contribution in [0.1, 0.15) is 22.9 Å². The first-order valence-electron chi connectivity index (χ1n) is 7.49. The van der Waals surface area contributed by atoms with Gasteiger partial charge in [0.15, 0.2) is 0 Å². The lowest BCUT2D eigenvalue weighted by molar-refractivity contribution is -0.123. The lowest BCUT2D eigenvalue weighted by Crippen LogP contribution is -2.43. The van der Waals surface area contributed by atoms with E-state index >= 15 is 0 Å². The van der Waals surface area contributed by atoms with Crippen molar-refractivity contribution in [2.24, 2.45) is 0 Å². The molecule has 2 N–H and O–H groups in total. The van der Waals surface area contributed by atoms with E-state index in [1.54, 1.807) is 12.3 Å². The Kier molecular flexibility index (Phi) is 4.56. The Balaban J connectivity index is 1.61. The second-order valence-electron chi connectivity index (χ2n) is 5.47. The van der Waals surface area contributed by atoms with Crippen LogP contribution in [0.4, 0.5) is 0 Å². The van der Waals surface area contributed by atoms with Crippen LogP contribution in [0.25, 0.3) is 0 Å². The molecule has 0 radical (unpaired) electrons. The molecule has 5 heteroatoms. The van der Waals surface area contributed by atoms with Crippen LogP contribution >= 0.6 is 0 Å². The number of amides is 1. The van der Waals surface area contributed by atoms with Crippen LogP contribution in [-0.4, -0.2) is 35.6 Å². The van der Waals surface area contributed by atoms with Gasteiger partial charge in [0.05, 0.1) is 32.0 Å². The van der Waals surface area contributed by atoms with E-state index in [0.29, 0.717) is 6.54 Å². The second-order valence-corrected chi connectivity index (χ2v) is 5.47. The molecule has 0 bridgehead atoms. The van der Waals surface area contributed by atoms with Gasteiger partial charge in [-0.25, -0.2) is 0 Å². The molecule has 5 nitrogen and oxygen atoms in total. The van der Waals surface area contributed by atoms with Crippen molar-refractivity contribution in [3.63, 3.8) is 0 Å². The molecular formula is C17H20N2O3. The molecule has 1 aliphatic heterocycles. The lowest BCUT2D eigenvalue weighted by atomic mass is 9.93. The first-order chi connectivity index (χ1) is 10.8. The van der Waals surface area contributed by atoms with Crippen molar-refractivity contribution in [2.75, 3.05) is 19.7 Å². The summed E-state index contributed by atoms with van der Waals surface area (Å²) in [5.74, 6) is 0.672. The van der Waals surface area contributed by atoms with Crippen LogP contribution in [-0.2, 0) is 17.8 Å². The van der Waals surface area contributed by atoms with E-state index in [4.69, 9.17) is 4.42 Å². The first-order valence-corrected chi connectivity index (χ1v) is 7.49. The minimum absolute atomic E-state index is 0.0163. The van der Waals surface area contributed by atoms with Gasteiger partial charge in [0.1, 0.15) is 5.76 Å². The highest BCUT2D eigenvalue weighted by atomic mass is 16.3. The molecule has 0 saturated carbocycles. The Bertz CT molecular complexity index is 625. The monoisotopic (exact) mass is 300 g/mol. The molecule has 22 heavy (non-hydrogen) atoms. The van der Waals surface area contributed by atoms with Crippen molar-refractivity contribution in [3.05, 3.63) is 59.5 Å². The molecule has 1 aromatic carbocycles. The third-order valence-electron chi connectivity index (χ3n) is 4.08. The molecule has 2 heterocycles. The van der Waals surface area contributed by atoms with Gasteiger partial charge in [0.2, 0.25) is 5.91 Å². The highest BCUT2D eigenvalue weighted by molar-refractivity contribution is 5.78. The number of rotatable bonds is 5. The Morgan fingerprint density at radius 1 is 1.32 bits per heavy atom. The Morgan fingerprint density at radius 2 is 2.18 bits per heavy atom. The fourth-order valence-electron chi connectivity index (χ4n) is 2.95.